The van der Waals surface area contributed by atoms with Crippen molar-refractivity contribution in [2.24, 2.45) is 0 Å². The van der Waals surface area contributed by atoms with Crippen LogP contribution < -0.4 is 10.6 Å². The van der Waals surface area contributed by atoms with Gasteiger partial charge in [-0.2, -0.15) is 0 Å². The zero-order chi connectivity index (χ0) is 15.1. The van der Waals surface area contributed by atoms with Crippen LogP contribution in [0.15, 0.2) is 24.3 Å². The van der Waals surface area contributed by atoms with Crippen LogP contribution >= 0.6 is 11.6 Å². The summed E-state index contributed by atoms with van der Waals surface area (Å²) in [6, 6.07) is 7.08. The predicted octanol–water partition coefficient (Wildman–Crippen LogP) is 1.62. The van der Waals surface area contributed by atoms with Gasteiger partial charge in [-0.25, -0.2) is 4.79 Å². The third-order valence-corrected chi connectivity index (χ3v) is 3.24. The normalized spacial score (nSPS) is 13.9. The Labute approximate surface area is 124 Å². The molecule has 0 aliphatic carbocycles. The van der Waals surface area contributed by atoms with Gasteiger partial charge in [0.15, 0.2) is 0 Å². The Bertz CT molecular complexity index is 423. The van der Waals surface area contributed by atoms with Gasteiger partial charge >= 0.3 is 6.03 Å². The molecule has 2 atom stereocenters. The summed E-state index contributed by atoms with van der Waals surface area (Å²) in [5, 5.41) is 15.0. The fourth-order valence-electron chi connectivity index (χ4n) is 1.79. The minimum absolute atomic E-state index is 0.0578. The number of amides is 2. The first kappa shape index (κ1) is 16.8. The van der Waals surface area contributed by atoms with Crippen LogP contribution in [0.1, 0.15) is 18.5 Å². The molecule has 0 heterocycles. The third kappa shape index (κ3) is 5.36. The molecule has 1 aromatic carbocycles. The quantitative estimate of drug-likeness (QED) is 0.748. The zero-order valence-electron chi connectivity index (χ0n) is 12.1. The van der Waals surface area contributed by atoms with E-state index in [-0.39, 0.29) is 24.7 Å². The molecule has 6 heteroatoms. The molecule has 0 radical (unpaired) electrons. The van der Waals surface area contributed by atoms with Crippen molar-refractivity contribution in [1.82, 2.24) is 15.5 Å². The third-order valence-electron chi connectivity index (χ3n) is 2.99. The Morgan fingerprint density at radius 1 is 1.35 bits per heavy atom. The maximum absolute atomic E-state index is 11.7. The van der Waals surface area contributed by atoms with Crippen LogP contribution in [-0.2, 0) is 0 Å². The fraction of sp³-hybridized carbons (Fsp3) is 0.500. The number of benzene rings is 1. The van der Waals surface area contributed by atoms with Crippen molar-refractivity contribution < 1.29 is 9.90 Å². The van der Waals surface area contributed by atoms with Crippen LogP contribution in [0.3, 0.4) is 0 Å². The molecule has 1 rings (SSSR count). The number of nitrogens with one attached hydrogen (secondary N) is 2. The number of halogens is 1. The molecule has 0 spiro atoms. The highest BCUT2D eigenvalue weighted by molar-refractivity contribution is 6.30. The van der Waals surface area contributed by atoms with Crippen molar-refractivity contribution in [3.63, 3.8) is 0 Å². The van der Waals surface area contributed by atoms with Crippen LogP contribution in [0.25, 0.3) is 0 Å². The van der Waals surface area contributed by atoms with Gasteiger partial charge in [-0.3, -0.25) is 0 Å². The van der Waals surface area contributed by atoms with E-state index in [4.69, 9.17) is 16.7 Å². The summed E-state index contributed by atoms with van der Waals surface area (Å²) in [5.74, 6) is 0. The Balaban J connectivity index is 2.60. The lowest BCUT2D eigenvalue weighted by Gasteiger charge is -2.25. The monoisotopic (exact) mass is 299 g/mol. The molecule has 1 aromatic rings. The zero-order valence-corrected chi connectivity index (χ0v) is 12.8. The lowest BCUT2D eigenvalue weighted by molar-refractivity contribution is 0.215. The summed E-state index contributed by atoms with van der Waals surface area (Å²) in [6.45, 7) is 2.13. The minimum Gasteiger partial charge on any atom is -0.394 e. The molecule has 0 aliphatic rings. The van der Waals surface area contributed by atoms with E-state index >= 15 is 0 Å². The maximum atomic E-state index is 11.7. The number of aliphatic hydroxyl groups is 1. The highest BCUT2D eigenvalue weighted by Gasteiger charge is 2.15. The predicted molar refractivity (Wildman–Crippen MR) is 81.0 cm³/mol. The number of aliphatic hydroxyl groups excluding tert-OH is 1. The average Bonchev–Trinajstić information content (AvgIpc) is 2.40. The van der Waals surface area contributed by atoms with E-state index in [1.807, 2.05) is 43.3 Å². The largest absolute Gasteiger partial charge is 0.394 e. The van der Waals surface area contributed by atoms with Crippen LogP contribution in [-0.4, -0.2) is 49.3 Å². The van der Waals surface area contributed by atoms with Crippen LogP contribution in [0.2, 0.25) is 5.02 Å². The molecule has 0 aromatic heterocycles. The van der Waals surface area contributed by atoms with Crippen molar-refractivity contribution in [1.29, 1.82) is 0 Å². The van der Waals surface area contributed by atoms with E-state index in [2.05, 4.69) is 10.6 Å². The smallest absolute Gasteiger partial charge is 0.315 e. The molecule has 2 amide bonds. The lowest BCUT2D eigenvalue weighted by Crippen LogP contribution is -2.44. The highest BCUT2D eigenvalue weighted by atomic mass is 35.5. The fourth-order valence-corrected chi connectivity index (χ4v) is 1.92. The van der Waals surface area contributed by atoms with Gasteiger partial charge in [-0.05, 0) is 38.7 Å². The number of hydrogen-bond donors (Lipinski definition) is 3. The van der Waals surface area contributed by atoms with Crippen molar-refractivity contribution in [3.05, 3.63) is 34.9 Å². The summed E-state index contributed by atoms with van der Waals surface area (Å²) in [5.41, 5.74) is 1.08. The summed E-state index contributed by atoms with van der Waals surface area (Å²) in [7, 11) is 3.91. The highest BCUT2D eigenvalue weighted by Crippen LogP contribution is 2.19. The number of carbonyl (C=O) groups is 1. The molecule has 0 unspecified atom stereocenters. The van der Waals surface area contributed by atoms with Gasteiger partial charge in [-0.15, -0.1) is 0 Å². The van der Waals surface area contributed by atoms with Gasteiger partial charge in [0.25, 0.3) is 0 Å². The SMILES string of the molecule is C[C@H](CO)NC(=O)NC[C@H](c1ccc(Cl)cc1)N(C)C. The van der Waals surface area contributed by atoms with Crippen molar-refractivity contribution >= 4 is 17.6 Å². The molecule has 3 N–H and O–H groups in total. The van der Waals surface area contributed by atoms with E-state index in [0.717, 1.165) is 5.56 Å². The van der Waals surface area contributed by atoms with E-state index in [0.29, 0.717) is 11.6 Å². The Hall–Kier alpha value is -1.30. The van der Waals surface area contributed by atoms with Crippen molar-refractivity contribution in [3.8, 4) is 0 Å². The van der Waals surface area contributed by atoms with Gasteiger partial charge in [0, 0.05) is 11.6 Å². The molecule has 0 fully saturated rings. The van der Waals surface area contributed by atoms with Gasteiger partial charge in [0.2, 0.25) is 0 Å². The second-order valence-electron chi connectivity index (χ2n) is 4.97. The van der Waals surface area contributed by atoms with E-state index in [1.54, 1.807) is 6.92 Å². The Kier molecular flexibility index (Phi) is 6.78. The molecule has 112 valence electrons. The van der Waals surface area contributed by atoms with Gasteiger partial charge in [0.05, 0.1) is 18.7 Å². The molecule has 20 heavy (non-hydrogen) atoms. The molecule has 0 saturated heterocycles. The van der Waals surface area contributed by atoms with E-state index < -0.39 is 0 Å². The molecular weight excluding hydrogens is 278 g/mol. The van der Waals surface area contributed by atoms with Crippen molar-refractivity contribution in [2.45, 2.75) is 19.0 Å². The summed E-state index contributed by atoms with van der Waals surface area (Å²) in [6.07, 6.45) is 0. The average molecular weight is 300 g/mol. The van der Waals surface area contributed by atoms with Gasteiger partial charge in [0.1, 0.15) is 0 Å². The first-order chi connectivity index (χ1) is 9.43. The van der Waals surface area contributed by atoms with Crippen LogP contribution in [0.5, 0.6) is 0 Å². The number of rotatable bonds is 6. The van der Waals surface area contributed by atoms with Gasteiger partial charge in [-0.1, -0.05) is 23.7 Å². The summed E-state index contributed by atoms with van der Waals surface area (Å²) < 4.78 is 0. The number of nitrogens with zero attached hydrogens (tertiary/aromatic N) is 1. The number of likely N-dealkylation sites (N-methyl/N-ethyl adjacent to an activating group) is 1. The van der Waals surface area contributed by atoms with Crippen molar-refractivity contribution in [2.75, 3.05) is 27.2 Å². The first-order valence-corrected chi connectivity index (χ1v) is 6.89. The Morgan fingerprint density at radius 2 is 1.95 bits per heavy atom. The summed E-state index contributed by atoms with van der Waals surface area (Å²) >= 11 is 5.88. The molecule has 0 saturated carbocycles. The molecular formula is C14H22ClN3O2. The standard InChI is InChI=1S/C14H22ClN3O2/c1-10(9-19)17-14(20)16-8-13(18(2)3)11-4-6-12(15)7-5-11/h4-7,10,13,19H,8-9H2,1-3H3,(H2,16,17,20)/t10-,13-/m1/s1. The second-order valence-corrected chi connectivity index (χ2v) is 5.41. The lowest BCUT2D eigenvalue weighted by atomic mass is 10.1. The Morgan fingerprint density at radius 3 is 2.45 bits per heavy atom. The minimum atomic E-state index is -0.285. The maximum Gasteiger partial charge on any atom is 0.315 e. The number of carbonyl (C=O) groups excluding carboxylic acids is 1. The first-order valence-electron chi connectivity index (χ1n) is 6.51. The van der Waals surface area contributed by atoms with E-state index in [9.17, 15) is 4.79 Å². The number of urea groups is 1. The van der Waals surface area contributed by atoms with Gasteiger partial charge < -0.3 is 20.6 Å². The van der Waals surface area contributed by atoms with E-state index in [1.165, 1.54) is 0 Å². The molecule has 0 aliphatic heterocycles. The number of hydrogen-bond acceptors (Lipinski definition) is 3. The molecule has 5 nitrogen and oxygen atoms in total. The van der Waals surface area contributed by atoms with Crippen LogP contribution in [0.4, 0.5) is 4.79 Å². The molecule has 0 bridgehead atoms. The van der Waals surface area contributed by atoms with Crippen LogP contribution in [0, 0.1) is 0 Å². The summed E-state index contributed by atoms with van der Waals surface area (Å²) in [4.78, 5) is 13.7. The second kappa shape index (κ2) is 8.09. The topological polar surface area (TPSA) is 64.6 Å².